The first kappa shape index (κ1) is 36.5. The molecule has 19 heteroatoms. The normalized spacial score (nSPS) is 14.7. The minimum atomic E-state index is -8.08. The van der Waals surface area contributed by atoms with Gasteiger partial charge in [0.1, 0.15) is 5.69 Å². The lowest BCUT2D eigenvalue weighted by Gasteiger charge is -2.41. The van der Waals surface area contributed by atoms with Gasteiger partial charge in [0, 0.05) is 17.6 Å². The van der Waals surface area contributed by atoms with Gasteiger partial charge in [-0.1, -0.05) is 12.1 Å². The van der Waals surface area contributed by atoms with E-state index in [0.717, 1.165) is 12.1 Å². The Kier molecular flexibility index (Phi) is 10.0. The first-order valence-electron chi connectivity index (χ1n) is 9.31. The molecule has 1 aromatic rings. The first-order chi connectivity index (χ1) is 15.9. The number of benzene rings is 1. The Hall–Kier alpha value is -1.54. The molecule has 0 saturated carbocycles. The standard InChI is InChI=1S/C19H15F17N.HI/c1-37(2,3)10-6-4-9(5-7-10)8-11(15(22,23)24)12(13(20,16(25,26)27)17(28,29)30)14(21,18(31,32)33)19(34,35)36;/h4-7H,8H2,1-3H3;1H/q+1;/p-1. The number of hydrogen-bond acceptors (Lipinski definition) is 0. The molecule has 1 rings (SSSR count). The number of hydrogen-bond donors (Lipinski definition) is 0. The lowest BCUT2D eigenvalue weighted by molar-refractivity contribution is -0.365. The van der Waals surface area contributed by atoms with Crippen molar-refractivity contribution in [3.05, 3.63) is 41.0 Å². The molecule has 0 N–H and O–H groups in total. The smallest absolute Gasteiger partial charge is 0.435 e. The van der Waals surface area contributed by atoms with E-state index in [1.54, 1.807) is 0 Å². The highest BCUT2D eigenvalue weighted by Gasteiger charge is 2.87. The van der Waals surface area contributed by atoms with E-state index in [9.17, 15) is 74.6 Å². The van der Waals surface area contributed by atoms with Gasteiger partial charge in [0.05, 0.1) is 21.1 Å². The Bertz CT molecular complexity index is 918. The maximum Gasteiger partial charge on any atom is 0.435 e. The van der Waals surface area contributed by atoms with Crippen molar-refractivity contribution in [2.75, 3.05) is 21.1 Å². The van der Waals surface area contributed by atoms with Crippen LogP contribution in [0.5, 0.6) is 0 Å². The second kappa shape index (κ2) is 10.5. The van der Waals surface area contributed by atoms with E-state index >= 15 is 0 Å². The van der Waals surface area contributed by atoms with Crippen LogP contribution in [0.25, 0.3) is 0 Å². The van der Waals surface area contributed by atoms with Gasteiger partial charge in [-0.05, 0) is 17.7 Å². The predicted molar refractivity (Wildman–Crippen MR) is 94.7 cm³/mol. The van der Waals surface area contributed by atoms with Gasteiger partial charge in [-0.15, -0.1) is 0 Å². The fourth-order valence-corrected chi connectivity index (χ4v) is 3.14. The van der Waals surface area contributed by atoms with E-state index in [0.29, 0.717) is 12.1 Å². The average Bonchev–Trinajstić information content (AvgIpc) is 2.62. The SMILES string of the molecule is C[N+](C)(C)c1ccc(CC(=C(C(F)(C(F)(F)F)C(F)(F)F)C(F)(C(F)(F)F)C(F)(F)F)C(F)(F)F)cc1.[I-]. The summed E-state index contributed by atoms with van der Waals surface area (Å²) in [5, 5.41) is 0. The molecule has 0 heterocycles. The van der Waals surface area contributed by atoms with Crippen LogP contribution < -0.4 is 28.5 Å². The van der Waals surface area contributed by atoms with Gasteiger partial charge in [-0.3, -0.25) is 4.48 Å². The molecule has 0 aliphatic carbocycles. The molecule has 0 aliphatic heterocycles. The zero-order valence-corrected chi connectivity index (χ0v) is 20.9. The molecule has 0 radical (unpaired) electrons. The number of quaternary nitrogens is 1. The third-order valence-electron chi connectivity index (χ3n) is 4.99. The zero-order valence-electron chi connectivity index (χ0n) is 18.8. The number of nitrogens with zero attached hydrogens (tertiary/aromatic N) is 1. The quantitative estimate of drug-likeness (QED) is 0.176. The van der Waals surface area contributed by atoms with Gasteiger partial charge in [0.2, 0.25) is 0 Å². The van der Waals surface area contributed by atoms with E-state index < -0.39 is 65.3 Å². The van der Waals surface area contributed by atoms with Crippen molar-refractivity contribution < 1.29 is 98.6 Å². The van der Waals surface area contributed by atoms with Crippen LogP contribution in [0.4, 0.5) is 80.3 Å². The number of halogens is 18. The predicted octanol–water partition coefficient (Wildman–Crippen LogP) is 4.95. The summed E-state index contributed by atoms with van der Waals surface area (Å²) in [5.41, 5.74) is -26.4. The number of allylic oxidation sites excluding steroid dienone is 2. The maximum absolute atomic E-state index is 14.7. The van der Waals surface area contributed by atoms with Gasteiger partial charge < -0.3 is 24.0 Å². The van der Waals surface area contributed by atoms with Crippen molar-refractivity contribution in [1.82, 2.24) is 4.48 Å². The lowest BCUT2D eigenvalue weighted by atomic mass is 9.76. The Morgan fingerprint density at radius 1 is 0.553 bits per heavy atom. The van der Waals surface area contributed by atoms with Crippen LogP contribution in [0.15, 0.2) is 35.4 Å². The monoisotopic (exact) mass is 707 g/mol. The number of alkyl halides is 17. The van der Waals surface area contributed by atoms with Crippen molar-refractivity contribution in [2.45, 2.75) is 48.6 Å². The van der Waals surface area contributed by atoms with Gasteiger partial charge in [-0.2, -0.15) is 65.9 Å². The maximum atomic E-state index is 14.7. The van der Waals surface area contributed by atoms with Crippen molar-refractivity contribution in [3.63, 3.8) is 0 Å². The molecule has 0 saturated heterocycles. The molecular weight excluding hydrogens is 692 g/mol. The van der Waals surface area contributed by atoms with Crippen LogP contribution in [0.3, 0.4) is 0 Å². The fraction of sp³-hybridized carbons (Fsp3) is 0.579. The summed E-state index contributed by atoms with van der Waals surface area (Å²) in [5.74, 6) is 0. The van der Waals surface area contributed by atoms with Gasteiger partial charge >= 0.3 is 42.2 Å². The largest absolute Gasteiger partial charge is 1.00 e. The van der Waals surface area contributed by atoms with Crippen molar-refractivity contribution in [3.8, 4) is 0 Å². The van der Waals surface area contributed by atoms with E-state index in [2.05, 4.69) is 0 Å². The zero-order chi connectivity index (χ0) is 29.8. The second-order valence-corrected chi connectivity index (χ2v) is 8.51. The molecule has 0 aromatic heterocycles. The Labute approximate surface area is 219 Å². The van der Waals surface area contributed by atoms with Crippen LogP contribution in [-0.4, -0.2) is 63.4 Å². The van der Waals surface area contributed by atoms with E-state index in [1.165, 1.54) is 21.1 Å². The molecule has 0 amide bonds. The summed E-state index contributed by atoms with van der Waals surface area (Å²) in [4.78, 5) is 0. The molecule has 0 aliphatic rings. The van der Waals surface area contributed by atoms with Gasteiger partial charge in [0.15, 0.2) is 0 Å². The molecular formula is C19H15F17IN. The first-order valence-corrected chi connectivity index (χ1v) is 9.31. The molecule has 0 unspecified atom stereocenters. The highest BCUT2D eigenvalue weighted by atomic mass is 127. The molecule has 1 nitrogen and oxygen atoms in total. The summed E-state index contributed by atoms with van der Waals surface area (Å²) in [6, 6.07) is 2.78. The van der Waals surface area contributed by atoms with E-state index in [1.807, 2.05) is 0 Å². The summed E-state index contributed by atoms with van der Waals surface area (Å²) < 4.78 is 229. The van der Waals surface area contributed by atoms with Crippen LogP contribution in [0, 0.1) is 0 Å². The highest BCUT2D eigenvalue weighted by Crippen LogP contribution is 2.63. The van der Waals surface area contributed by atoms with Crippen LogP contribution in [0.2, 0.25) is 0 Å². The minimum Gasteiger partial charge on any atom is -1.00 e. The van der Waals surface area contributed by atoms with Crippen LogP contribution in [-0.2, 0) is 6.42 Å². The average molecular weight is 707 g/mol. The van der Waals surface area contributed by atoms with Crippen molar-refractivity contribution in [1.29, 1.82) is 0 Å². The van der Waals surface area contributed by atoms with Crippen molar-refractivity contribution in [2.24, 2.45) is 0 Å². The van der Waals surface area contributed by atoms with Gasteiger partial charge in [0.25, 0.3) is 0 Å². The fourth-order valence-electron chi connectivity index (χ4n) is 3.14. The Morgan fingerprint density at radius 3 is 1.05 bits per heavy atom. The minimum absolute atomic E-state index is 0. The second-order valence-electron chi connectivity index (χ2n) is 8.51. The summed E-state index contributed by atoms with van der Waals surface area (Å²) in [7, 11) is 4.38. The Balaban J connectivity index is 0.0000137. The van der Waals surface area contributed by atoms with Crippen LogP contribution >= 0.6 is 0 Å². The molecule has 0 bridgehead atoms. The van der Waals surface area contributed by atoms with Crippen LogP contribution in [0.1, 0.15) is 5.56 Å². The van der Waals surface area contributed by atoms with Crippen molar-refractivity contribution >= 4 is 5.69 Å². The summed E-state index contributed by atoms with van der Waals surface area (Å²) >= 11 is 0. The summed E-state index contributed by atoms with van der Waals surface area (Å²) in [6.07, 6.45) is -41.4. The van der Waals surface area contributed by atoms with E-state index in [4.69, 9.17) is 0 Å². The van der Waals surface area contributed by atoms with Gasteiger partial charge in [-0.25, -0.2) is 8.78 Å². The summed E-state index contributed by atoms with van der Waals surface area (Å²) in [6.45, 7) is 0. The third kappa shape index (κ3) is 6.60. The third-order valence-corrected chi connectivity index (χ3v) is 4.99. The number of rotatable bonds is 5. The molecule has 0 fully saturated rings. The molecule has 0 spiro atoms. The Morgan fingerprint density at radius 2 is 0.842 bits per heavy atom. The molecule has 0 atom stereocenters. The molecule has 38 heavy (non-hydrogen) atoms. The topological polar surface area (TPSA) is 0 Å². The lowest BCUT2D eigenvalue weighted by Crippen LogP contribution is -3.00. The highest BCUT2D eigenvalue weighted by molar-refractivity contribution is 5.47. The molecule has 1 aromatic carbocycles. The molecule has 222 valence electrons. The van der Waals surface area contributed by atoms with E-state index in [-0.39, 0.29) is 34.1 Å².